The van der Waals surface area contributed by atoms with Crippen molar-refractivity contribution in [2.45, 2.75) is 118 Å². The van der Waals surface area contributed by atoms with Crippen LogP contribution in [0.2, 0.25) is 0 Å². The van der Waals surface area contributed by atoms with Crippen LogP contribution in [0.3, 0.4) is 0 Å². The summed E-state index contributed by atoms with van der Waals surface area (Å²) in [5.41, 5.74) is 2.81. The van der Waals surface area contributed by atoms with Crippen LogP contribution in [0.15, 0.2) is 41.5 Å². The van der Waals surface area contributed by atoms with Gasteiger partial charge in [-0.05, 0) is 120 Å². The number of benzene rings is 1. The minimum atomic E-state index is -0.560. The predicted molar refractivity (Wildman–Crippen MR) is 160 cm³/mol. The highest BCUT2D eigenvalue weighted by Crippen LogP contribution is 2.75. The van der Waals surface area contributed by atoms with E-state index in [0.29, 0.717) is 29.7 Å². The molecule has 1 aromatic carbocycles. The normalized spacial score (nSPS) is 44.0. The molecular weight excluding hydrogens is 494 g/mol. The number of hydrogen-bond donors (Lipinski definition) is 2. The standard InChI is InChI=1S/C36H51NO3/c1-22(2)29-25(38)21-36(37-31(40)23-11-9-8-10-12-23)20-19-34(6)24(30(29)36)13-14-27-33(5)17-16-28(39)32(3,4)26(33)15-18-35(27,34)7/h8-12,22,24,26-28,39H,13-21H2,1-7H3,(H,37,40)/t24-,26?,27?,28+,33+,34-,35-,36-/m1/s1. The molecule has 4 heteroatoms. The van der Waals surface area contributed by atoms with Crippen LogP contribution in [-0.4, -0.2) is 28.4 Å². The fourth-order valence-electron chi connectivity index (χ4n) is 11.6. The molecule has 218 valence electrons. The summed E-state index contributed by atoms with van der Waals surface area (Å²) in [5.74, 6) is 1.79. The smallest absolute Gasteiger partial charge is 0.251 e. The summed E-state index contributed by atoms with van der Waals surface area (Å²) in [4.78, 5) is 27.3. The lowest BCUT2D eigenvalue weighted by atomic mass is 9.33. The molecule has 6 rings (SSSR count). The van der Waals surface area contributed by atoms with Crippen molar-refractivity contribution in [3.05, 3.63) is 47.0 Å². The Morgan fingerprint density at radius 1 is 0.875 bits per heavy atom. The van der Waals surface area contributed by atoms with E-state index in [2.05, 4.69) is 53.8 Å². The third-order valence-electron chi connectivity index (χ3n) is 13.8. The molecule has 0 bridgehead atoms. The second kappa shape index (κ2) is 9.03. The van der Waals surface area contributed by atoms with E-state index >= 15 is 0 Å². The second-order valence-electron chi connectivity index (χ2n) is 16.0. The minimum absolute atomic E-state index is 0.0548. The third kappa shape index (κ3) is 3.59. The molecule has 0 heterocycles. The van der Waals surface area contributed by atoms with Gasteiger partial charge in [0.05, 0.1) is 11.6 Å². The fourth-order valence-corrected chi connectivity index (χ4v) is 11.6. The Labute approximate surface area is 241 Å². The molecule has 0 aliphatic heterocycles. The van der Waals surface area contributed by atoms with Crippen LogP contribution in [-0.2, 0) is 4.79 Å². The Balaban J connectivity index is 1.41. The van der Waals surface area contributed by atoms with E-state index in [-0.39, 0.29) is 45.4 Å². The van der Waals surface area contributed by atoms with Crippen LogP contribution in [0.25, 0.3) is 0 Å². The zero-order valence-corrected chi connectivity index (χ0v) is 25.9. The first-order chi connectivity index (χ1) is 18.7. The number of fused-ring (bicyclic) bond motifs is 7. The molecule has 1 aromatic rings. The van der Waals surface area contributed by atoms with Crippen molar-refractivity contribution in [2.75, 3.05) is 0 Å². The van der Waals surface area contributed by atoms with Crippen LogP contribution in [0, 0.1) is 45.3 Å². The van der Waals surface area contributed by atoms with Crippen LogP contribution in [0.4, 0.5) is 0 Å². The molecule has 8 atom stereocenters. The van der Waals surface area contributed by atoms with Gasteiger partial charge in [-0.25, -0.2) is 0 Å². The lowest BCUT2D eigenvalue weighted by Crippen LogP contribution is -2.67. The van der Waals surface area contributed by atoms with E-state index in [1.165, 1.54) is 24.8 Å². The van der Waals surface area contributed by atoms with Gasteiger partial charge in [0.25, 0.3) is 5.91 Å². The van der Waals surface area contributed by atoms with E-state index in [0.717, 1.165) is 37.7 Å². The Morgan fingerprint density at radius 2 is 1.57 bits per heavy atom. The second-order valence-corrected chi connectivity index (χ2v) is 16.0. The van der Waals surface area contributed by atoms with Crippen molar-refractivity contribution in [1.82, 2.24) is 5.32 Å². The summed E-state index contributed by atoms with van der Waals surface area (Å²) in [6.07, 6.45) is 8.69. The SMILES string of the molecule is CC(C)C1=C2[C@H]3CCC4[C@@]5(C)CC[C@H](O)C(C)(C)C5CC[C@@]4(C)[C@]3(C)CC[C@@]2(NC(=O)c2ccccc2)CC1=O. The average Bonchev–Trinajstić information content (AvgIpc) is 3.19. The van der Waals surface area contributed by atoms with Crippen molar-refractivity contribution < 1.29 is 14.7 Å². The molecule has 1 amide bonds. The minimum Gasteiger partial charge on any atom is -0.393 e. The maximum atomic E-state index is 13.8. The summed E-state index contributed by atoms with van der Waals surface area (Å²) >= 11 is 0. The lowest BCUT2D eigenvalue weighted by molar-refractivity contribution is -0.226. The topological polar surface area (TPSA) is 66.4 Å². The number of carbonyl (C=O) groups excluding carboxylic acids is 2. The molecule has 0 spiro atoms. The van der Waals surface area contributed by atoms with Crippen LogP contribution >= 0.6 is 0 Å². The van der Waals surface area contributed by atoms with E-state index in [1.807, 2.05) is 30.3 Å². The Bertz CT molecular complexity index is 1250. The van der Waals surface area contributed by atoms with Crippen molar-refractivity contribution in [3.63, 3.8) is 0 Å². The summed E-state index contributed by atoms with van der Waals surface area (Å²) < 4.78 is 0. The molecule has 5 aliphatic rings. The number of rotatable bonds is 3. The van der Waals surface area contributed by atoms with Crippen molar-refractivity contribution >= 4 is 11.7 Å². The van der Waals surface area contributed by atoms with Crippen LogP contribution < -0.4 is 5.32 Å². The van der Waals surface area contributed by atoms with E-state index in [9.17, 15) is 14.7 Å². The van der Waals surface area contributed by atoms with Gasteiger partial charge < -0.3 is 10.4 Å². The lowest BCUT2D eigenvalue weighted by Gasteiger charge is -2.72. The van der Waals surface area contributed by atoms with Crippen LogP contribution in [0.1, 0.15) is 117 Å². The molecule has 40 heavy (non-hydrogen) atoms. The fraction of sp³-hybridized carbons (Fsp3) is 0.722. The number of Topliss-reactive ketones (excluding diaryl/α,β-unsaturated/α-hetero) is 1. The molecule has 5 aliphatic carbocycles. The number of carbonyl (C=O) groups is 2. The van der Waals surface area contributed by atoms with Crippen molar-refractivity contribution in [2.24, 2.45) is 45.3 Å². The van der Waals surface area contributed by atoms with Gasteiger partial charge in [0.1, 0.15) is 0 Å². The van der Waals surface area contributed by atoms with Gasteiger partial charge in [0.15, 0.2) is 5.78 Å². The number of ketones is 1. The summed E-state index contributed by atoms with van der Waals surface area (Å²) in [7, 11) is 0. The molecule has 4 nitrogen and oxygen atoms in total. The molecule has 4 saturated carbocycles. The van der Waals surface area contributed by atoms with Gasteiger partial charge in [-0.1, -0.05) is 66.7 Å². The maximum Gasteiger partial charge on any atom is 0.251 e. The zero-order valence-electron chi connectivity index (χ0n) is 25.9. The largest absolute Gasteiger partial charge is 0.393 e. The maximum absolute atomic E-state index is 13.8. The number of aliphatic hydroxyl groups is 1. The summed E-state index contributed by atoms with van der Waals surface area (Å²) in [5, 5.41) is 14.5. The van der Waals surface area contributed by atoms with E-state index < -0.39 is 5.54 Å². The molecule has 0 radical (unpaired) electrons. The first kappa shape index (κ1) is 28.2. The highest BCUT2D eigenvalue weighted by atomic mass is 16.3. The zero-order chi connectivity index (χ0) is 28.9. The molecule has 4 fully saturated rings. The quantitative estimate of drug-likeness (QED) is 0.413. The third-order valence-corrected chi connectivity index (χ3v) is 13.8. The highest BCUT2D eigenvalue weighted by Gasteiger charge is 2.70. The van der Waals surface area contributed by atoms with Gasteiger partial charge in [0, 0.05) is 12.0 Å². The predicted octanol–water partition coefficient (Wildman–Crippen LogP) is 7.51. The molecule has 0 saturated heterocycles. The van der Waals surface area contributed by atoms with Crippen molar-refractivity contribution in [3.8, 4) is 0 Å². The van der Waals surface area contributed by atoms with Gasteiger partial charge in [-0.15, -0.1) is 0 Å². The number of nitrogens with one attached hydrogen (secondary N) is 1. The number of allylic oxidation sites excluding steroid dienone is 1. The average molecular weight is 546 g/mol. The molecule has 2 unspecified atom stereocenters. The molecule has 2 N–H and O–H groups in total. The highest BCUT2D eigenvalue weighted by molar-refractivity contribution is 6.03. The molecular formula is C36H51NO3. The van der Waals surface area contributed by atoms with Gasteiger partial charge >= 0.3 is 0 Å². The Morgan fingerprint density at radius 3 is 2.25 bits per heavy atom. The monoisotopic (exact) mass is 545 g/mol. The van der Waals surface area contributed by atoms with E-state index in [4.69, 9.17) is 0 Å². The Kier molecular flexibility index (Phi) is 6.36. The first-order valence-corrected chi connectivity index (χ1v) is 16.0. The number of aliphatic hydroxyl groups excluding tert-OH is 1. The van der Waals surface area contributed by atoms with Gasteiger partial charge in [-0.3, -0.25) is 9.59 Å². The first-order valence-electron chi connectivity index (χ1n) is 16.0. The summed E-state index contributed by atoms with van der Waals surface area (Å²) in [6, 6.07) is 9.49. The van der Waals surface area contributed by atoms with E-state index in [1.54, 1.807) is 0 Å². The number of amides is 1. The number of hydrogen-bond acceptors (Lipinski definition) is 3. The van der Waals surface area contributed by atoms with Gasteiger partial charge in [0.2, 0.25) is 0 Å². The van der Waals surface area contributed by atoms with Gasteiger partial charge in [-0.2, -0.15) is 0 Å². The van der Waals surface area contributed by atoms with Crippen LogP contribution in [0.5, 0.6) is 0 Å². The molecule has 0 aromatic heterocycles. The van der Waals surface area contributed by atoms with Crippen molar-refractivity contribution in [1.29, 1.82) is 0 Å². The summed E-state index contributed by atoms with van der Waals surface area (Å²) in [6.45, 7) is 16.6. The Hall–Kier alpha value is -1.94.